The summed E-state index contributed by atoms with van der Waals surface area (Å²) < 4.78 is 0.686. The van der Waals surface area contributed by atoms with Crippen molar-refractivity contribution < 1.29 is 0 Å². The van der Waals surface area contributed by atoms with Crippen LogP contribution in [0.1, 0.15) is 39.3 Å². The minimum atomic E-state index is 0.0883. The van der Waals surface area contributed by atoms with Crippen LogP contribution in [0.3, 0.4) is 0 Å². The monoisotopic (exact) mass is 237 g/mol. The van der Waals surface area contributed by atoms with Crippen molar-refractivity contribution in [2.24, 2.45) is 0 Å². The molecule has 0 unspecified atom stereocenters. The first-order chi connectivity index (χ1) is 7.47. The van der Waals surface area contributed by atoms with E-state index in [2.05, 4.69) is 35.6 Å². The highest BCUT2D eigenvalue weighted by molar-refractivity contribution is 7.71. The highest BCUT2D eigenvalue weighted by Gasteiger charge is 2.19. The van der Waals surface area contributed by atoms with Gasteiger partial charge >= 0.3 is 0 Å². The first kappa shape index (κ1) is 11.6. The molecule has 88 valence electrons. The summed E-state index contributed by atoms with van der Waals surface area (Å²) in [5, 5.41) is 0. The Bertz CT molecular complexity index is 425. The molecule has 4 heteroatoms. The van der Waals surface area contributed by atoms with Crippen molar-refractivity contribution in [1.82, 2.24) is 9.97 Å². The van der Waals surface area contributed by atoms with Gasteiger partial charge in [0.15, 0.2) is 0 Å². The molecule has 1 aromatic heterocycles. The van der Waals surface area contributed by atoms with Crippen LogP contribution < -0.4 is 4.90 Å². The first-order valence-corrected chi connectivity index (χ1v) is 6.24. The van der Waals surface area contributed by atoms with E-state index in [-0.39, 0.29) is 5.41 Å². The van der Waals surface area contributed by atoms with Gasteiger partial charge in [-0.3, -0.25) is 0 Å². The molecule has 0 aromatic carbocycles. The van der Waals surface area contributed by atoms with Gasteiger partial charge in [-0.2, -0.15) is 0 Å². The number of aromatic amines is 1. The Balaban J connectivity index is 2.39. The molecular weight excluding hydrogens is 218 g/mol. The number of H-pyrrole nitrogens is 1. The number of nitrogens with one attached hydrogen (secondary N) is 1. The molecule has 1 saturated heterocycles. The fraction of sp³-hybridized carbons (Fsp3) is 0.667. The van der Waals surface area contributed by atoms with Gasteiger partial charge in [0.1, 0.15) is 4.64 Å². The maximum atomic E-state index is 5.23. The van der Waals surface area contributed by atoms with Crippen LogP contribution in [0, 0.1) is 4.64 Å². The molecule has 16 heavy (non-hydrogen) atoms. The average molecular weight is 237 g/mol. The predicted octanol–water partition coefficient (Wildman–Crippen LogP) is 3.04. The fourth-order valence-corrected chi connectivity index (χ4v) is 2.13. The van der Waals surface area contributed by atoms with E-state index < -0.39 is 0 Å². The quantitative estimate of drug-likeness (QED) is 0.762. The van der Waals surface area contributed by atoms with Gasteiger partial charge in [0.2, 0.25) is 5.95 Å². The molecule has 1 aliphatic rings. The number of aromatic nitrogens is 2. The molecule has 0 saturated carbocycles. The minimum Gasteiger partial charge on any atom is -0.342 e. The van der Waals surface area contributed by atoms with Crippen molar-refractivity contribution in [2.45, 2.75) is 39.0 Å². The van der Waals surface area contributed by atoms with Gasteiger partial charge in [-0.1, -0.05) is 33.0 Å². The van der Waals surface area contributed by atoms with Crippen LogP contribution in [0.2, 0.25) is 0 Å². The second-order valence-electron chi connectivity index (χ2n) is 5.40. The molecule has 1 aromatic rings. The number of rotatable bonds is 1. The number of anilines is 1. The Morgan fingerprint density at radius 1 is 1.31 bits per heavy atom. The number of hydrogen-bond donors (Lipinski definition) is 1. The Morgan fingerprint density at radius 2 is 1.94 bits per heavy atom. The summed E-state index contributed by atoms with van der Waals surface area (Å²) in [4.78, 5) is 10.1. The van der Waals surface area contributed by atoms with Crippen LogP contribution in [0.4, 0.5) is 5.95 Å². The second-order valence-corrected chi connectivity index (χ2v) is 5.82. The molecule has 0 radical (unpaired) electrons. The maximum absolute atomic E-state index is 5.23. The predicted molar refractivity (Wildman–Crippen MR) is 69.6 cm³/mol. The Morgan fingerprint density at radius 3 is 2.50 bits per heavy atom. The fourth-order valence-electron chi connectivity index (χ4n) is 1.93. The molecule has 2 heterocycles. The van der Waals surface area contributed by atoms with E-state index in [1.165, 1.54) is 12.8 Å². The van der Waals surface area contributed by atoms with Crippen LogP contribution >= 0.6 is 12.2 Å². The highest BCUT2D eigenvalue weighted by atomic mass is 32.1. The van der Waals surface area contributed by atoms with Crippen molar-refractivity contribution in [2.75, 3.05) is 18.0 Å². The third-order valence-corrected chi connectivity index (χ3v) is 3.15. The van der Waals surface area contributed by atoms with Crippen LogP contribution in [0.5, 0.6) is 0 Å². The van der Waals surface area contributed by atoms with Gasteiger partial charge in [0.25, 0.3) is 0 Å². The highest BCUT2D eigenvalue weighted by Crippen LogP contribution is 2.23. The van der Waals surface area contributed by atoms with Gasteiger partial charge in [-0.25, -0.2) is 4.98 Å². The van der Waals surface area contributed by atoms with Gasteiger partial charge < -0.3 is 9.88 Å². The number of nitrogens with zero attached hydrogens (tertiary/aromatic N) is 2. The molecule has 0 aliphatic carbocycles. The van der Waals surface area contributed by atoms with Crippen LogP contribution in [-0.4, -0.2) is 23.1 Å². The zero-order chi connectivity index (χ0) is 11.8. The summed E-state index contributed by atoms with van der Waals surface area (Å²) in [6, 6.07) is 1.97. The lowest BCUT2D eigenvalue weighted by molar-refractivity contribution is 0.565. The first-order valence-electron chi connectivity index (χ1n) is 5.83. The largest absolute Gasteiger partial charge is 0.342 e. The molecule has 1 fully saturated rings. The van der Waals surface area contributed by atoms with Crippen LogP contribution in [0.15, 0.2) is 6.07 Å². The third kappa shape index (κ3) is 2.43. The molecular formula is C12H19N3S. The summed E-state index contributed by atoms with van der Waals surface area (Å²) in [7, 11) is 0. The Labute approximate surface area is 102 Å². The molecule has 0 bridgehead atoms. The van der Waals surface area contributed by atoms with Gasteiger partial charge in [0, 0.05) is 24.2 Å². The molecule has 0 atom stereocenters. The maximum Gasteiger partial charge on any atom is 0.204 e. The Kier molecular flexibility index (Phi) is 3.02. The van der Waals surface area contributed by atoms with Crippen molar-refractivity contribution in [3.63, 3.8) is 0 Å². The molecule has 2 rings (SSSR count). The van der Waals surface area contributed by atoms with E-state index >= 15 is 0 Å². The second kappa shape index (κ2) is 4.17. The SMILES string of the molecule is CC(C)(C)c1cc(=S)nc(N2CCCC2)[nH]1. The lowest BCUT2D eigenvalue weighted by Crippen LogP contribution is -2.23. The normalized spacial score (nSPS) is 16.8. The molecule has 0 amide bonds. The molecule has 1 aliphatic heterocycles. The van der Waals surface area contributed by atoms with E-state index in [4.69, 9.17) is 12.2 Å². The molecule has 3 nitrogen and oxygen atoms in total. The summed E-state index contributed by atoms with van der Waals surface area (Å²) >= 11 is 5.23. The zero-order valence-corrected chi connectivity index (χ0v) is 11.0. The van der Waals surface area contributed by atoms with Crippen molar-refractivity contribution in [3.05, 3.63) is 16.4 Å². The summed E-state index contributed by atoms with van der Waals surface area (Å²) in [6.07, 6.45) is 2.50. The topological polar surface area (TPSA) is 31.9 Å². The van der Waals surface area contributed by atoms with E-state index in [9.17, 15) is 0 Å². The average Bonchev–Trinajstić information content (AvgIpc) is 2.68. The van der Waals surface area contributed by atoms with Crippen molar-refractivity contribution in [3.8, 4) is 0 Å². The van der Waals surface area contributed by atoms with E-state index in [0.717, 1.165) is 24.7 Å². The van der Waals surface area contributed by atoms with Gasteiger partial charge in [-0.15, -0.1) is 0 Å². The zero-order valence-electron chi connectivity index (χ0n) is 10.2. The lowest BCUT2D eigenvalue weighted by atomic mass is 9.92. The van der Waals surface area contributed by atoms with E-state index in [1.807, 2.05) is 6.07 Å². The molecule has 0 spiro atoms. The van der Waals surface area contributed by atoms with E-state index in [1.54, 1.807) is 0 Å². The lowest BCUT2D eigenvalue weighted by Gasteiger charge is -2.22. The summed E-state index contributed by atoms with van der Waals surface area (Å²) in [5.74, 6) is 0.940. The Hall–Kier alpha value is -0.900. The summed E-state index contributed by atoms with van der Waals surface area (Å²) in [6.45, 7) is 8.72. The van der Waals surface area contributed by atoms with Gasteiger partial charge in [-0.05, 0) is 18.9 Å². The summed E-state index contributed by atoms with van der Waals surface area (Å²) in [5.41, 5.74) is 1.25. The van der Waals surface area contributed by atoms with Gasteiger partial charge in [0.05, 0.1) is 0 Å². The van der Waals surface area contributed by atoms with Crippen LogP contribution in [-0.2, 0) is 5.41 Å². The third-order valence-electron chi connectivity index (χ3n) is 2.94. The smallest absolute Gasteiger partial charge is 0.204 e. The standard InChI is InChI=1S/C12H19N3S/c1-12(2,3)9-8-10(16)14-11(13-9)15-6-4-5-7-15/h8H,4-7H2,1-3H3,(H,13,14,16). The van der Waals surface area contributed by atoms with Crippen LogP contribution in [0.25, 0.3) is 0 Å². The minimum absolute atomic E-state index is 0.0883. The van der Waals surface area contributed by atoms with Crippen molar-refractivity contribution >= 4 is 18.2 Å². The van der Waals surface area contributed by atoms with E-state index in [0.29, 0.717) is 4.64 Å². The van der Waals surface area contributed by atoms with Crippen molar-refractivity contribution in [1.29, 1.82) is 0 Å². The number of hydrogen-bond acceptors (Lipinski definition) is 3. The molecule has 1 N–H and O–H groups in total.